The van der Waals surface area contributed by atoms with Crippen LogP contribution >= 0.6 is 0 Å². The maximum absolute atomic E-state index is 11.3. The van der Waals surface area contributed by atoms with Gasteiger partial charge in [0.1, 0.15) is 6.54 Å². The first-order valence-corrected chi connectivity index (χ1v) is 6.16. The van der Waals surface area contributed by atoms with E-state index in [1.807, 2.05) is 0 Å². The van der Waals surface area contributed by atoms with E-state index in [1.165, 1.54) is 12.8 Å². The molecule has 0 aliphatic carbocycles. The van der Waals surface area contributed by atoms with Crippen molar-refractivity contribution >= 4 is 11.9 Å². The van der Waals surface area contributed by atoms with Gasteiger partial charge in [0.25, 0.3) is 0 Å². The molecule has 3 N–H and O–H groups in total. The summed E-state index contributed by atoms with van der Waals surface area (Å²) >= 11 is 0. The number of aliphatic imine (C=N–C) groups is 1. The standard InChI is InChI=1S/C12H22N4O/c1-2-7-14-11(17)10-15-12(13)16-8-5-3-4-6-9-16/h2H,1,3-10H2,(H2,13,15)(H,14,17). The zero-order valence-corrected chi connectivity index (χ0v) is 10.3. The van der Waals surface area contributed by atoms with E-state index in [1.54, 1.807) is 6.08 Å². The minimum atomic E-state index is -0.123. The van der Waals surface area contributed by atoms with Crippen molar-refractivity contribution in [1.29, 1.82) is 0 Å². The molecule has 0 aromatic rings. The third kappa shape index (κ3) is 5.38. The van der Waals surface area contributed by atoms with Gasteiger partial charge >= 0.3 is 0 Å². The summed E-state index contributed by atoms with van der Waals surface area (Å²) in [5.41, 5.74) is 5.87. The van der Waals surface area contributed by atoms with Gasteiger partial charge in [0, 0.05) is 19.6 Å². The van der Waals surface area contributed by atoms with E-state index in [-0.39, 0.29) is 12.5 Å². The monoisotopic (exact) mass is 238 g/mol. The summed E-state index contributed by atoms with van der Waals surface area (Å²) in [4.78, 5) is 17.5. The van der Waals surface area contributed by atoms with Crippen molar-refractivity contribution in [1.82, 2.24) is 10.2 Å². The van der Waals surface area contributed by atoms with Crippen LogP contribution in [0.4, 0.5) is 0 Å². The average Bonchev–Trinajstić information content (AvgIpc) is 2.62. The molecule has 0 saturated carbocycles. The number of carbonyl (C=O) groups is 1. The van der Waals surface area contributed by atoms with Crippen LogP contribution in [-0.4, -0.2) is 42.9 Å². The molecular weight excluding hydrogens is 216 g/mol. The summed E-state index contributed by atoms with van der Waals surface area (Å²) in [6.07, 6.45) is 6.45. The molecule has 1 rings (SSSR count). The lowest BCUT2D eigenvalue weighted by Crippen LogP contribution is -2.39. The van der Waals surface area contributed by atoms with Crippen LogP contribution in [0.1, 0.15) is 25.7 Å². The third-order valence-corrected chi connectivity index (χ3v) is 2.76. The highest BCUT2D eigenvalue weighted by molar-refractivity contribution is 5.84. The summed E-state index contributed by atoms with van der Waals surface area (Å²) in [7, 11) is 0. The number of guanidine groups is 1. The SMILES string of the molecule is C=CCNC(=O)CN=C(N)N1CCCCCC1. The second-order valence-corrected chi connectivity index (χ2v) is 4.17. The molecule has 1 saturated heterocycles. The van der Waals surface area contributed by atoms with E-state index in [9.17, 15) is 4.79 Å². The van der Waals surface area contributed by atoms with E-state index >= 15 is 0 Å². The van der Waals surface area contributed by atoms with Gasteiger partial charge in [0.05, 0.1) is 0 Å². The van der Waals surface area contributed by atoms with Gasteiger partial charge in [0.15, 0.2) is 5.96 Å². The van der Waals surface area contributed by atoms with E-state index in [2.05, 4.69) is 21.8 Å². The fourth-order valence-electron chi connectivity index (χ4n) is 1.79. The smallest absolute Gasteiger partial charge is 0.242 e. The average molecular weight is 238 g/mol. The molecule has 0 radical (unpaired) electrons. The number of amides is 1. The van der Waals surface area contributed by atoms with Gasteiger partial charge in [0.2, 0.25) is 5.91 Å². The predicted molar refractivity (Wildman–Crippen MR) is 69.7 cm³/mol. The fourth-order valence-corrected chi connectivity index (χ4v) is 1.79. The maximum Gasteiger partial charge on any atom is 0.242 e. The number of carbonyl (C=O) groups excluding carboxylic acids is 1. The van der Waals surface area contributed by atoms with Crippen LogP contribution in [0.2, 0.25) is 0 Å². The molecule has 1 amide bonds. The highest BCUT2D eigenvalue weighted by atomic mass is 16.1. The van der Waals surface area contributed by atoms with Crippen molar-refractivity contribution in [2.75, 3.05) is 26.2 Å². The Morgan fingerprint density at radius 2 is 2.00 bits per heavy atom. The Bertz CT molecular complexity index is 280. The molecule has 17 heavy (non-hydrogen) atoms. The Morgan fingerprint density at radius 3 is 2.59 bits per heavy atom. The molecular formula is C12H22N4O. The fraction of sp³-hybridized carbons (Fsp3) is 0.667. The molecule has 1 aliphatic heterocycles. The van der Waals surface area contributed by atoms with E-state index in [0.717, 1.165) is 25.9 Å². The topological polar surface area (TPSA) is 70.7 Å². The second kappa shape index (κ2) is 7.70. The number of rotatable bonds is 4. The number of hydrogen-bond donors (Lipinski definition) is 2. The Morgan fingerprint density at radius 1 is 1.35 bits per heavy atom. The molecule has 0 unspecified atom stereocenters. The summed E-state index contributed by atoms with van der Waals surface area (Å²) in [5.74, 6) is 0.364. The Kier molecular flexibility index (Phi) is 6.14. The first kappa shape index (κ1) is 13.5. The van der Waals surface area contributed by atoms with Crippen LogP contribution in [0.5, 0.6) is 0 Å². The van der Waals surface area contributed by atoms with Gasteiger partial charge < -0.3 is 16.0 Å². The molecule has 5 heteroatoms. The summed E-state index contributed by atoms with van der Waals surface area (Å²) < 4.78 is 0. The zero-order chi connectivity index (χ0) is 12.5. The van der Waals surface area contributed by atoms with Crippen molar-refractivity contribution in [3.63, 3.8) is 0 Å². The van der Waals surface area contributed by atoms with Crippen molar-refractivity contribution in [2.45, 2.75) is 25.7 Å². The Hall–Kier alpha value is -1.52. The van der Waals surface area contributed by atoms with E-state index in [0.29, 0.717) is 12.5 Å². The van der Waals surface area contributed by atoms with E-state index in [4.69, 9.17) is 5.73 Å². The summed E-state index contributed by atoms with van der Waals surface area (Å²) in [6, 6.07) is 0. The number of nitrogens with one attached hydrogen (secondary N) is 1. The van der Waals surface area contributed by atoms with Crippen LogP contribution in [0.25, 0.3) is 0 Å². The third-order valence-electron chi connectivity index (χ3n) is 2.76. The lowest BCUT2D eigenvalue weighted by atomic mass is 10.2. The zero-order valence-electron chi connectivity index (χ0n) is 10.3. The first-order valence-electron chi connectivity index (χ1n) is 6.16. The summed E-state index contributed by atoms with van der Waals surface area (Å²) in [6.45, 7) is 5.99. The largest absolute Gasteiger partial charge is 0.370 e. The Labute approximate surface area is 103 Å². The highest BCUT2D eigenvalue weighted by Crippen LogP contribution is 2.08. The molecule has 5 nitrogen and oxygen atoms in total. The van der Waals surface area contributed by atoms with Gasteiger partial charge in [-0.1, -0.05) is 18.9 Å². The number of nitrogens with two attached hydrogens (primary N) is 1. The second-order valence-electron chi connectivity index (χ2n) is 4.17. The number of hydrogen-bond acceptors (Lipinski definition) is 2. The van der Waals surface area contributed by atoms with Crippen molar-refractivity contribution in [3.05, 3.63) is 12.7 Å². The molecule has 1 heterocycles. The van der Waals surface area contributed by atoms with Crippen molar-refractivity contribution < 1.29 is 4.79 Å². The molecule has 1 aliphatic rings. The molecule has 0 aromatic carbocycles. The van der Waals surface area contributed by atoms with E-state index < -0.39 is 0 Å². The molecule has 96 valence electrons. The van der Waals surface area contributed by atoms with Crippen molar-refractivity contribution in [2.24, 2.45) is 10.7 Å². The summed E-state index contributed by atoms with van der Waals surface area (Å²) in [5, 5.41) is 2.66. The van der Waals surface area contributed by atoms with Crippen LogP contribution in [0, 0.1) is 0 Å². The molecule has 0 atom stereocenters. The predicted octanol–water partition coefficient (Wildman–Crippen LogP) is 0.479. The highest BCUT2D eigenvalue weighted by Gasteiger charge is 2.11. The first-order chi connectivity index (χ1) is 8.24. The molecule has 1 fully saturated rings. The molecule has 0 spiro atoms. The molecule has 0 aromatic heterocycles. The van der Waals surface area contributed by atoms with Crippen LogP contribution in [-0.2, 0) is 4.79 Å². The van der Waals surface area contributed by atoms with Crippen LogP contribution < -0.4 is 11.1 Å². The van der Waals surface area contributed by atoms with Crippen LogP contribution in [0.3, 0.4) is 0 Å². The van der Waals surface area contributed by atoms with Gasteiger partial charge in [-0.3, -0.25) is 4.79 Å². The van der Waals surface area contributed by atoms with Crippen molar-refractivity contribution in [3.8, 4) is 0 Å². The van der Waals surface area contributed by atoms with Gasteiger partial charge in [-0.2, -0.15) is 0 Å². The quantitative estimate of drug-likeness (QED) is 0.425. The van der Waals surface area contributed by atoms with Gasteiger partial charge in [-0.25, -0.2) is 4.99 Å². The lowest BCUT2D eigenvalue weighted by molar-refractivity contribution is -0.119. The van der Waals surface area contributed by atoms with Gasteiger partial charge in [-0.15, -0.1) is 6.58 Å². The lowest BCUT2D eigenvalue weighted by Gasteiger charge is -2.20. The maximum atomic E-state index is 11.3. The minimum absolute atomic E-state index is 0.0934. The van der Waals surface area contributed by atoms with Crippen LogP contribution in [0.15, 0.2) is 17.6 Å². The molecule has 0 bridgehead atoms. The Balaban J connectivity index is 2.36. The van der Waals surface area contributed by atoms with Gasteiger partial charge in [-0.05, 0) is 12.8 Å². The normalized spacial score (nSPS) is 17.4. The minimum Gasteiger partial charge on any atom is -0.370 e. The number of nitrogens with zero attached hydrogens (tertiary/aromatic N) is 2. The number of likely N-dealkylation sites (tertiary alicyclic amines) is 1.